The van der Waals surface area contributed by atoms with Gasteiger partial charge in [-0.05, 0) is 30.5 Å². The fraction of sp³-hybridized carbons (Fsp3) is 0.438. The molecule has 1 heterocycles. The first-order valence-corrected chi connectivity index (χ1v) is 6.94. The molecule has 4 nitrogen and oxygen atoms in total. The molecule has 0 saturated heterocycles. The van der Waals surface area contributed by atoms with Crippen molar-refractivity contribution in [3.63, 3.8) is 0 Å². The van der Waals surface area contributed by atoms with Gasteiger partial charge in [0.25, 0.3) is 0 Å². The van der Waals surface area contributed by atoms with Crippen molar-refractivity contribution in [2.24, 2.45) is 0 Å². The summed E-state index contributed by atoms with van der Waals surface area (Å²) in [5.74, 6) is 0.0859. The van der Waals surface area contributed by atoms with Crippen LogP contribution in [0.4, 0.5) is 0 Å². The van der Waals surface area contributed by atoms with E-state index in [1.807, 2.05) is 0 Å². The lowest BCUT2D eigenvalue weighted by atomic mass is 10.0. The zero-order valence-corrected chi connectivity index (χ0v) is 11.9. The van der Waals surface area contributed by atoms with Gasteiger partial charge in [0.15, 0.2) is 0 Å². The monoisotopic (exact) mass is 276 g/mol. The Kier molecular flexibility index (Phi) is 4.79. The van der Waals surface area contributed by atoms with Gasteiger partial charge in [0, 0.05) is 24.1 Å². The average Bonchev–Trinajstić information content (AvgIpc) is 2.41. The topological polar surface area (TPSA) is 59.7 Å². The van der Waals surface area contributed by atoms with E-state index in [1.54, 1.807) is 19.2 Å². The van der Waals surface area contributed by atoms with Crippen LogP contribution in [0.1, 0.15) is 37.3 Å². The van der Waals surface area contributed by atoms with E-state index >= 15 is 0 Å². The molecular weight excluding hydrogens is 256 g/mol. The lowest BCUT2D eigenvalue weighted by Gasteiger charge is -2.11. The Hall–Kier alpha value is -1.81. The molecule has 0 atom stereocenters. The molecule has 0 spiro atoms. The van der Waals surface area contributed by atoms with Gasteiger partial charge in [0.2, 0.25) is 0 Å². The van der Waals surface area contributed by atoms with Crippen molar-refractivity contribution in [1.29, 1.82) is 0 Å². The molecule has 108 valence electrons. The molecule has 0 bridgehead atoms. The minimum absolute atomic E-state index is 0.0859. The molecule has 1 aromatic heterocycles. The molecule has 2 aromatic rings. The molecule has 0 unspecified atom stereocenters. The largest absolute Gasteiger partial charge is 0.508 e. The van der Waals surface area contributed by atoms with E-state index in [9.17, 15) is 9.90 Å². The first-order valence-electron chi connectivity index (χ1n) is 6.94. The van der Waals surface area contributed by atoms with Crippen molar-refractivity contribution >= 4 is 11.0 Å². The van der Waals surface area contributed by atoms with E-state index in [-0.39, 0.29) is 11.4 Å². The Morgan fingerprint density at radius 1 is 1.25 bits per heavy atom. The standard InChI is InChI=1S/C16H20O4/c1-3-4-5-6-13-14(10-19-2)12-8-7-11(17)9-15(12)20-16(13)18/h7-9,17H,3-6,10H2,1-2H3. The third kappa shape index (κ3) is 3.02. The maximum absolute atomic E-state index is 12.1. The van der Waals surface area contributed by atoms with Crippen molar-refractivity contribution in [3.05, 3.63) is 39.7 Å². The number of hydrogen-bond donors (Lipinski definition) is 1. The van der Waals surface area contributed by atoms with Crippen molar-refractivity contribution in [3.8, 4) is 5.75 Å². The third-order valence-corrected chi connectivity index (χ3v) is 3.42. The van der Waals surface area contributed by atoms with Crippen LogP contribution in [0.25, 0.3) is 11.0 Å². The number of hydrogen-bond acceptors (Lipinski definition) is 4. The second kappa shape index (κ2) is 6.57. The maximum Gasteiger partial charge on any atom is 0.339 e. The summed E-state index contributed by atoms with van der Waals surface area (Å²) in [6.07, 6.45) is 3.85. The molecule has 0 radical (unpaired) electrons. The number of phenols is 1. The third-order valence-electron chi connectivity index (χ3n) is 3.42. The second-order valence-corrected chi connectivity index (χ2v) is 4.92. The van der Waals surface area contributed by atoms with Gasteiger partial charge in [-0.1, -0.05) is 19.8 Å². The van der Waals surface area contributed by atoms with Crippen LogP contribution in [0.3, 0.4) is 0 Å². The summed E-state index contributed by atoms with van der Waals surface area (Å²) >= 11 is 0. The Labute approximate surface area is 118 Å². The Morgan fingerprint density at radius 3 is 2.75 bits per heavy atom. The Morgan fingerprint density at radius 2 is 2.05 bits per heavy atom. The van der Waals surface area contributed by atoms with E-state index in [0.717, 1.165) is 30.2 Å². The second-order valence-electron chi connectivity index (χ2n) is 4.92. The van der Waals surface area contributed by atoms with Crippen molar-refractivity contribution in [2.45, 2.75) is 39.2 Å². The van der Waals surface area contributed by atoms with E-state index in [2.05, 4.69) is 6.92 Å². The molecular formula is C16H20O4. The van der Waals surface area contributed by atoms with Gasteiger partial charge in [0.05, 0.1) is 6.61 Å². The average molecular weight is 276 g/mol. The highest BCUT2D eigenvalue weighted by molar-refractivity contribution is 5.82. The number of benzene rings is 1. The fourth-order valence-corrected chi connectivity index (χ4v) is 2.41. The first kappa shape index (κ1) is 14.6. The van der Waals surface area contributed by atoms with Crippen LogP contribution in [0.5, 0.6) is 5.75 Å². The Bertz CT molecular complexity index is 643. The van der Waals surface area contributed by atoms with Crippen LogP contribution < -0.4 is 5.63 Å². The smallest absolute Gasteiger partial charge is 0.339 e. The van der Waals surface area contributed by atoms with Gasteiger partial charge in [-0.3, -0.25) is 0 Å². The molecule has 0 amide bonds. The van der Waals surface area contributed by atoms with Gasteiger partial charge in [-0.15, -0.1) is 0 Å². The van der Waals surface area contributed by atoms with E-state index in [1.165, 1.54) is 6.07 Å². The normalized spacial score (nSPS) is 11.1. The highest BCUT2D eigenvalue weighted by Gasteiger charge is 2.14. The summed E-state index contributed by atoms with van der Waals surface area (Å²) < 4.78 is 10.5. The highest BCUT2D eigenvalue weighted by atomic mass is 16.5. The van der Waals surface area contributed by atoms with Gasteiger partial charge in [0.1, 0.15) is 11.3 Å². The number of phenolic OH excluding ortho intramolecular Hbond substituents is 1. The summed E-state index contributed by atoms with van der Waals surface area (Å²) in [5, 5.41) is 10.3. The van der Waals surface area contributed by atoms with Crippen molar-refractivity contribution in [2.75, 3.05) is 7.11 Å². The quantitative estimate of drug-likeness (QED) is 0.649. The summed E-state index contributed by atoms with van der Waals surface area (Å²) in [6, 6.07) is 4.83. The number of fused-ring (bicyclic) bond motifs is 1. The van der Waals surface area contributed by atoms with Crippen molar-refractivity contribution in [1.82, 2.24) is 0 Å². The predicted octanol–water partition coefficient (Wildman–Crippen LogP) is 3.38. The van der Waals surface area contributed by atoms with Crippen LogP contribution in [-0.2, 0) is 17.8 Å². The van der Waals surface area contributed by atoms with Gasteiger partial charge in [-0.25, -0.2) is 4.79 Å². The number of aromatic hydroxyl groups is 1. The number of rotatable bonds is 6. The summed E-state index contributed by atoms with van der Waals surface area (Å²) in [7, 11) is 1.61. The lowest BCUT2D eigenvalue weighted by molar-refractivity contribution is 0.184. The molecule has 2 rings (SSSR count). The zero-order chi connectivity index (χ0) is 14.5. The molecule has 0 fully saturated rings. The Balaban J connectivity index is 2.54. The van der Waals surface area contributed by atoms with Crippen LogP contribution in [0.2, 0.25) is 0 Å². The molecule has 0 aliphatic heterocycles. The molecule has 20 heavy (non-hydrogen) atoms. The molecule has 0 aliphatic carbocycles. The van der Waals surface area contributed by atoms with Crippen LogP contribution in [0.15, 0.2) is 27.4 Å². The summed E-state index contributed by atoms with van der Waals surface area (Å²) in [5.41, 5.74) is 1.64. The predicted molar refractivity (Wildman–Crippen MR) is 78.1 cm³/mol. The SMILES string of the molecule is CCCCCc1c(COC)c2ccc(O)cc2oc1=O. The summed E-state index contributed by atoms with van der Waals surface area (Å²) in [4.78, 5) is 12.1. The fourth-order valence-electron chi connectivity index (χ4n) is 2.41. The van der Waals surface area contributed by atoms with E-state index < -0.39 is 0 Å². The maximum atomic E-state index is 12.1. The van der Waals surface area contributed by atoms with Gasteiger partial charge in [-0.2, -0.15) is 0 Å². The molecule has 1 N–H and O–H groups in total. The van der Waals surface area contributed by atoms with Crippen LogP contribution in [0, 0.1) is 0 Å². The molecule has 4 heteroatoms. The minimum atomic E-state index is -0.328. The van der Waals surface area contributed by atoms with Gasteiger partial charge >= 0.3 is 5.63 Å². The van der Waals surface area contributed by atoms with Crippen LogP contribution >= 0.6 is 0 Å². The molecule has 0 aliphatic rings. The van der Waals surface area contributed by atoms with E-state index in [4.69, 9.17) is 9.15 Å². The zero-order valence-electron chi connectivity index (χ0n) is 11.9. The number of unbranched alkanes of at least 4 members (excludes halogenated alkanes) is 2. The summed E-state index contributed by atoms with van der Waals surface area (Å²) in [6.45, 7) is 2.50. The van der Waals surface area contributed by atoms with E-state index in [0.29, 0.717) is 24.2 Å². The lowest BCUT2D eigenvalue weighted by Crippen LogP contribution is -2.12. The minimum Gasteiger partial charge on any atom is -0.508 e. The van der Waals surface area contributed by atoms with Gasteiger partial charge < -0.3 is 14.3 Å². The van der Waals surface area contributed by atoms with Crippen LogP contribution in [-0.4, -0.2) is 12.2 Å². The molecule has 0 saturated carbocycles. The highest BCUT2D eigenvalue weighted by Crippen LogP contribution is 2.25. The first-order chi connectivity index (χ1) is 9.67. The van der Waals surface area contributed by atoms with Crippen molar-refractivity contribution < 1.29 is 14.3 Å². The molecule has 1 aromatic carbocycles. The number of ether oxygens (including phenoxy) is 1. The number of methoxy groups -OCH3 is 1.